The van der Waals surface area contributed by atoms with Crippen molar-refractivity contribution in [3.05, 3.63) is 36.2 Å². The van der Waals surface area contributed by atoms with E-state index in [9.17, 15) is 9.90 Å². The monoisotopic (exact) mass is 299 g/mol. The van der Waals surface area contributed by atoms with Gasteiger partial charge >= 0.3 is 0 Å². The minimum atomic E-state index is -0.333. The average molecular weight is 299 g/mol. The van der Waals surface area contributed by atoms with Gasteiger partial charge in [0, 0.05) is 18.2 Å². The molecule has 1 aromatic carbocycles. The van der Waals surface area contributed by atoms with Crippen molar-refractivity contribution in [1.29, 1.82) is 0 Å². The summed E-state index contributed by atoms with van der Waals surface area (Å²) in [5.74, 6) is -0.118. The summed E-state index contributed by atoms with van der Waals surface area (Å²) in [4.78, 5) is 20.6. The van der Waals surface area contributed by atoms with E-state index in [0.717, 1.165) is 19.5 Å². The summed E-state index contributed by atoms with van der Waals surface area (Å²) in [6.07, 6.45) is 2.36. The quantitative estimate of drug-likeness (QED) is 0.657. The standard InChI is InChI=1S/C15H17N5O2/c16-14-13(15(22)19-10-4-5-17-7-10)20-12(8-18-14)9-2-1-3-11(21)6-9/h1-3,6,8,10,17,21H,4-5,7H2,(H2,16,18)(H,19,22). The maximum absolute atomic E-state index is 12.3. The van der Waals surface area contributed by atoms with Crippen molar-refractivity contribution in [2.45, 2.75) is 12.5 Å². The van der Waals surface area contributed by atoms with Crippen molar-refractivity contribution < 1.29 is 9.90 Å². The largest absolute Gasteiger partial charge is 0.508 e. The normalized spacial score (nSPS) is 17.4. The van der Waals surface area contributed by atoms with E-state index in [-0.39, 0.29) is 29.2 Å². The first-order chi connectivity index (χ1) is 10.6. The molecule has 1 unspecified atom stereocenters. The van der Waals surface area contributed by atoms with E-state index in [1.165, 1.54) is 6.20 Å². The highest BCUT2D eigenvalue weighted by molar-refractivity contribution is 5.97. The Balaban J connectivity index is 1.87. The van der Waals surface area contributed by atoms with Crippen LogP contribution < -0.4 is 16.4 Å². The predicted octanol–water partition coefficient (Wildman–Crippen LogP) is 0.523. The molecule has 7 nitrogen and oxygen atoms in total. The highest BCUT2D eigenvalue weighted by Crippen LogP contribution is 2.22. The summed E-state index contributed by atoms with van der Waals surface area (Å²) in [6.45, 7) is 1.63. The second-order valence-electron chi connectivity index (χ2n) is 5.20. The molecule has 0 saturated carbocycles. The highest BCUT2D eigenvalue weighted by atomic mass is 16.3. The molecule has 22 heavy (non-hydrogen) atoms. The van der Waals surface area contributed by atoms with Gasteiger partial charge in [-0.15, -0.1) is 0 Å². The van der Waals surface area contributed by atoms with Gasteiger partial charge in [0.15, 0.2) is 11.5 Å². The molecular weight excluding hydrogens is 282 g/mol. The van der Waals surface area contributed by atoms with Crippen molar-refractivity contribution in [3.63, 3.8) is 0 Å². The summed E-state index contributed by atoms with van der Waals surface area (Å²) in [5.41, 5.74) is 7.03. The van der Waals surface area contributed by atoms with Gasteiger partial charge in [-0.2, -0.15) is 0 Å². The third-order valence-corrected chi connectivity index (χ3v) is 3.55. The van der Waals surface area contributed by atoms with Crippen LogP contribution in [0.3, 0.4) is 0 Å². The molecule has 1 aromatic heterocycles. The number of amides is 1. The van der Waals surface area contributed by atoms with Crippen LogP contribution in [0.25, 0.3) is 11.3 Å². The lowest BCUT2D eigenvalue weighted by Gasteiger charge is -2.12. The lowest BCUT2D eigenvalue weighted by atomic mass is 10.1. The highest BCUT2D eigenvalue weighted by Gasteiger charge is 2.21. The summed E-state index contributed by atoms with van der Waals surface area (Å²) >= 11 is 0. The molecule has 1 saturated heterocycles. The number of hydrogen-bond donors (Lipinski definition) is 4. The predicted molar refractivity (Wildman–Crippen MR) is 82.3 cm³/mol. The molecule has 2 aromatic rings. The lowest BCUT2D eigenvalue weighted by Crippen LogP contribution is -2.37. The molecule has 7 heteroatoms. The van der Waals surface area contributed by atoms with Crippen molar-refractivity contribution in [2.75, 3.05) is 18.8 Å². The summed E-state index contributed by atoms with van der Waals surface area (Å²) in [5, 5.41) is 15.6. The molecule has 1 aliphatic rings. The number of anilines is 1. The number of nitrogens with two attached hydrogens (primary N) is 1. The van der Waals surface area contributed by atoms with Crippen LogP contribution in [0.1, 0.15) is 16.9 Å². The molecule has 0 bridgehead atoms. The zero-order chi connectivity index (χ0) is 15.5. The zero-order valence-electron chi connectivity index (χ0n) is 11.9. The van der Waals surface area contributed by atoms with Gasteiger partial charge < -0.3 is 21.5 Å². The van der Waals surface area contributed by atoms with Gasteiger partial charge in [-0.25, -0.2) is 9.97 Å². The van der Waals surface area contributed by atoms with Crippen molar-refractivity contribution in [3.8, 4) is 17.0 Å². The number of nitrogens with one attached hydrogen (secondary N) is 2. The van der Waals surface area contributed by atoms with Crippen LogP contribution in [0.2, 0.25) is 0 Å². The third kappa shape index (κ3) is 2.99. The maximum Gasteiger partial charge on any atom is 0.274 e. The van der Waals surface area contributed by atoms with Gasteiger partial charge in [0.1, 0.15) is 5.75 Å². The molecule has 1 fully saturated rings. The summed E-state index contributed by atoms with van der Waals surface area (Å²) in [7, 11) is 0. The van der Waals surface area contributed by atoms with E-state index < -0.39 is 0 Å². The Labute approximate surface area is 127 Å². The minimum absolute atomic E-state index is 0.0816. The van der Waals surface area contributed by atoms with Crippen LogP contribution >= 0.6 is 0 Å². The molecule has 1 atom stereocenters. The third-order valence-electron chi connectivity index (χ3n) is 3.55. The molecular formula is C15H17N5O2. The topological polar surface area (TPSA) is 113 Å². The Morgan fingerprint density at radius 2 is 2.32 bits per heavy atom. The number of benzene rings is 1. The van der Waals surface area contributed by atoms with E-state index >= 15 is 0 Å². The number of phenols is 1. The lowest BCUT2D eigenvalue weighted by molar-refractivity contribution is 0.0936. The number of nitrogens with zero attached hydrogens (tertiary/aromatic N) is 2. The number of phenolic OH excluding ortho intramolecular Hbond substituents is 1. The number of nitrogen functional groups attached to an aromatic ring is 1. The van der Waals surface area contributed by atoms with Gasteiger partial charge in [-0.05, 0) is 25.1 Å². The zero-order valence-corrected chi connectivity index (χ0v) is 11.9. The van der Waals surface area contributed by atoms with Crippen LogP contribution in [0, 0.1) is 0 Å². The van der Waals surface area contributed by atoms with E-state index in [4.69, 9.17) is 5.73 Å². The number of aromatic hydroxyl groups is 1. The first-order valence-electron chi connectivity index (χ1n) is 7.07. The smallest absolute Gasteiger partial charge is 0.274 e. The average Bonchev–Trinajstić information content (AvgIpc) is 3.00. The number of carbonyl (C=O) groups excluding carboxylic acids is 1. The second-order valence-corrected chi connectivity index (χ2v) is 5.20. The molecule has 0 aliphatic carbocycles. The van der Waals surface area contributed by atoms with Crippen LogP contribution in [0.15, 0.2) is 30.5 Å². The minimum Gasteiger partial charge on any atom is -0.508 e. The van der Waals surface area contributed by atoms with Gasteiger partial charge in [0.25, 0.3) is 5.91 Å². The van der Waals surface area contributed by atoms with Gasteiger partial charge in [0.05, 0.1) is 11.9 Å². The van der Waals surface area contributed by atoms with Crippen LogP contribution in [-0.2, 0) is 0 Å². The number of hydrogen-bond acceptors (Lipinski definition) is 6. The molecule has 3 rings (SSSR count). The van der Waals surface area contributed by atoms with Gasteiger partial charge in [0.2, 0.25) is 0 Å². The Kier molecular flexibility index (Phi) is 3.88. The Bertz CT molecular complexity index is 698. The Morgan fingerprint density at radius 3 is 3.05 bits per heavy atom. The summed E-state index contributed by atoms with van der Waals surface area (Å²) < 4.78 is 0. The fourth-order valence-corrected chi connectivity index (χ4v) is 2.40. The number of aromatic nitrogens is 2. The molecule has 0 spiro atoms. The van der Waals surface area contributed by atoms with Crippen LogP contribution in [0.5, 0.6) is 5.75 Å². The molecule has 2 heterocycles. The van der Waals surface area contributed by atoms with Crippen LogP contribution in [0.4, 0.5) is 5.82 Å². The fraction of sp³-hybridized carbons (Fsp3) is 0.267. The molecule has 1 amide bonds. The van der Waals surface area contributed by atoms with E-state index in [1.807, 2.05) is 0 Å². The van der Waals surface area contributed by atoms with Gasteiger partial charge in [-0.3, -0.25) is 4.79 Å². The Hall–Kier alpha value is -2.67. The molecule has 0 radical (unpaired) electrons. The SMILES string of the molecule is Nc1ncc(-c2cccc(O)c2)nc1C(=O)NC1CCNC1. The molecule has 5 N–H and O–H groups in total. The first-order valence-corrected chi connectivity index (χ1v) is 7.07. The number of rotatable bonds is 3. The van der Waals surface area contributed by atoms with E-state index in [0.29, 0.717) is 11.3 Å². The van der Waals surface area contributed by atoms with Crippen LogP contribution in [-0.4, -0.2) is 40.1 Å². The van der Waals surface area contributed by atoms with Gasteiger partial charge in [-0.1, -0.05) is 12.1 Å². The van der Waals surface area contributed by atoms with Crippen molar-refractivity contribution in [1.82, 2.24) is 20.6 Å². The first kappa shape index (κ1) is 14.3. The Morgan fingerprint density at radius 1 is 1.45 bits per heavy atom. The molecule has 114 valence electrons. The van der Waals surface area contributed by atoms with E-state index in [2.05, 4.69) is 20.6 Å². The van der Waals surface area contributed by atoms with Crippen molar-refractivity contribution in [2.24, 2.45) is 0 Å². The maximum atomic E-state index is 12.3. The molecule has 1 aliphatic heterocycles. The fourth-order valence-electron chi connectivity index (χ4n) is 2.40. The number of carbonyl (C=O) groups is 1. The van der Waals surface area contributed by atoms with Crippen molar-refractivity contribution >= 4 is 11.7 Å². The van der Waals surface area contributed by atoms with E-state index in [1.54, 1.807) is 24.3 Å². The second kappa shape index (κ2) is 5.98. The summed E-state index contributed by atoms with van der Waals surface area (Å²) in [6, 6.07) is 6.69.